The van der Waals surface area contributed by atoms with Gasteiger partial charge in [-0.3, -0.25) is 0 Å². The molecule has 0 spiro atoms. The van der Waals surface area contributed by atoms with Crippen LogP contribution in [0.1, 0.15) is 16.7 Å². The summed E-state index contributed by atoms with van der Waals surface area (Å²) in [6.07, 6.45) is 0. The highest BCUT2D eigenvalue weighted by molar-refractivity contribution is 9.11. The van der Waals surface area contributed by atoms with Crippen LogP contribution in [0.5, 0.6) is 0 Å². The minimum Gasteiger partial charge on any atom is -0.381 e. The summed E-state index contributed by atoms with van der Waals surface area (Å²) >= 11 is 5.20. The topological polar surface area (TPSA) is 12.0 Å². The van der Waals surface area contributed by atoms with Crippen molar-refractivity contribution in [1.82, 2.24) is 0 Å². The first kappa shape index (κ1) is 11.7. The van der Waals surface area contributed by atoms with Gasteiger partial charge in [0.15, 0.2) is 0 Å². The highest BCUT2D eigenvalue weighted by atomic mass is 79.9. The van der Waals surface area contributed by atoms with Crippen LogP contribution < -0.4 is 5.32 Å². The zero-order valence-electron chi connectivity index (χ0n) is 9.38. The van der Waals surface area contributed by atoms with Gasteiger partial charge in [-0.1, -0.05) is 12.1 Å². The molecule has 0 amide bonds. The Morgan fingerprint density at radius 1 is 1.25 bits per heavy atom. The molecule has 2 rings (SSSR count). The van der Waals surface area contributed by atoms with Crippen LogP contribution in [0.2, 0.25) is 0 Å². The predicted octanol–water partition coefficient (Wildman–Crippen LogP) is 4.74. The van der Waals surface area contributed by atoms with E-state index in [9.17, 15) is 0 Å². The van der Waals surface area contributed by atoms with Crippen molar-refractivity contribution in [2.24, 2.45) is 0 Å². The first-order chi connectivity index (χ1) is 7.65. The number of thiophene rings is 1. The number of nitrogens with one attached hydrogen (secondary N) is 1. The van der Waals surface area contributed by atoms with Crippen molar-refractivity contribution < 1.29 is 0 Å². The molecule has 1 heterocycles. The maximum atomic E-state index is 3.48. The third kappa shape index (κ3) is 2.86. The molecule has 1 aromatic carbocycles. The van der Waals surface area contributed by atoms with Crippen LogP contribution in [0.25, 0.3) is 0 Å². The molecule has 16 heavy (non-hydrogen) atoms. The van der Waals surface area contributed by atoms with Gasteiger partial charge in [-0.25, -0.2) is 0 Å². The molecule has 0 bridgehead atoms. The molecular formula is C13H14BrNS. The summed E-state index contributed by atoms with van der Waals surface area (Å²) in [6, 6.07) is 8.64. The van der Waals surface area contributed by atoms with Gasteiger partial charge in [-0.15, -0.1) is 11.3 Å². The lowest BCUT2D eigenvalue weighted by Gasteiger charge is -2.09. The molecule has 0 aliphatic rings. The van der Waals surface area contributed by atoms with Crippen LogP contribution in [-0.4, -0.2) is 0 Å². The van der Waals surface area contributed by atoms with E-state index in [1.807, 2.05) is 0 Å². The first-order valence-electron chi connectivity index (χ1n) is 5.19. The summed E-state index contributed by atoms with van der Waals surface area (Å²) in [7, 11) is 0. The van der Waals surface area contributed by atoms with Gasteiger partial charge < -0.3 is 5.32 Å². The SMILES string of the molecule is Cc1ccc(C)c(NCc2csc(Br)c2)c1. The Labute approximate surface area is 109 Å². The maximum absolute atomic E-state index is 3.48. The molecule has 2 aromatic rings. The Kier molecular flexibility index (Phi) is 3.66. The quantitative estimate of drug-likeness (QED) is 0.862. The number of rotatable bonds is 3. The van der Waals surface area contributed by atoms with Crippen molar-refractivity contribution >= 4 is 33.0 Å². The summed E-state index contributed by atoms with van der Waals surface area (Å²) in [5, 5.41) is 5.64. The number of hydrogen-bond donors (Lipinski definition) is 1. The third-order valence-electron chi connectivity index (χ3n) is 2.50. The summed E-state index contributed by atoms with van der Waals surface area (Å²) in [4.78, 5) is 0. The van der Waals surface area contributed by atoms with E-state index >= 15 is 0 Å². The van der Waals surface area contributed by atoms with E-state index in [0.29, 0.717) is 0 Å². The molecule has 1 N–H and O–H groups in total. The fourth-order valence-electron chi connectivity index (χ4n) is 1.56. The lowest BCUT2D eigenvalue weighted by molar-refractivity contribution is 1.15. The van der Waals surface area contributed by atoms with E-state index in [4.69, 9.17) is 0 Å². The van der Waals surface area contributed by atoms with Crippen LogP contribution in [-0.2, 0) is 6.54 Å². The van der Waals surface area contributed by atoms with Gasteiger partial charge in [0.2, 0.25) is 0 Å². The molecule has 3 heteroatoms. The van der Waals surface area contributed by atoms with Crippen molar-refractivity contribution in [1.29, 1.82) is 0 Å². The van der Waals surface area contributed by atoms with E-state index in [1.54, 1.807) is 11.3 Å². The van der Waals surface area contributed by atoms with E-state index in [1.165, 1.54) is 26.2 Å². The number of aryl methyl sites for hydroxylation is 2. The van der Waals surface area contributed by atoms with Crippen LogP contribution >= 0.6 is 27.3 Å². The largest absolute Gasteiger partial charge is 0.381 e. The smallest absolute Gasteiger partial charge is 0.0701 e. The Hall–Kier alpha value is -0.800. The predicted molar refractivity (Wildman–Crippen MR) is 75.3 cm³/mol. The van der Waals surface area contributed by atoms with Gasteiger partial charge in [0.1, 0.15) is 0 Å². The molecule has 1 aromatic heterocycles. The van der Waals surface area contributed by atoms with Gasteiger partial charge in [0, 0.05) is 12.2 Å². The fraction of sp³-hybridized carbons (Fsp3) is 0.231. The van der Waals surface area contributed by atoms with E-state index < -0.39 is 0 Å². The van der Waals surface area contributed by atoms with Crippen molar-refractivity contribution in [3.8, 4) is 0 Å². The summed E-state index contributed by atoms with van der Waals surface area (Å²) in [5.41, 5.74) is 5.12. The average Bonchev–Trinajstić information content (AvgIpc) is 2.66. The van der Waals surface area contributed by atoms with Gasteiger partial charge >= 0.3 is 0 Å². The minimum absolute atomic E-state index is 0.881. The van der Waals surface area contributed by atoms with Gasteiger partial charge in [-0.2, -0.15) is 0 Å². The van der Waals surface area contributed by atoms with Gasteiger partial charge in [0.25, 0.3) is 0 Å². The van der Waals surface area contributed by atoms with Crippen molar-refractivity contribution in [2.45, 2.75) is 20.4 Å². The summed E-state index contributed by atoms with van der Waals surface area (Å²) in [5.74, 6) is 0. The van der Waals surface area contributed by atoms with Crippen LogP contribution in [0.3, 0.4) is 0 Å². The zero-order chi connectivity index (χ0) is 11.5. The number of hydrogen-bond acceptors (Lipinski definition) is 2. The highest BCUT2D eigenvalue weighted by Crippen LogP contribution is 2.22. The molecule has 0 unspecified atom stereocenters. The van der Waals surface area contributed by atoms with Crippen molar-refractivity contribution in [3.63, 3.8) is 0 Å². The second-order valence-corrected chi connectivity index (χ2v) is 6.22. The number of halogens is 1. The molecule has 0 aliphatic heterocycles. The molecule has 1 nitrogen and oxygen atoms in total. The minimum atomic E-state index is 0.881. The molecular weight excluding hydrogens is 282 g/mol. The summed E-state index contributed by atoms with van der Waals surface area (Å²) < 4.78 is 1.19. The van der Waals surface area contributed by atoms with E-state index in [2.05, 4.69) is 64.7 Å². The second kappa shape index (κ2) is 5.02. The zero-order valence-corrected chi connectivity index (χ0v) is 11.8. The first-order valence-corrected chi connectivity index (χ1v) is 6.86. The molecule has 0 saturated heterocycles. The molecule has 0 saturated carbocycles. The number of anilines is 1. The van der Waals surface area contributed by atoms with Crippen LogP contribution in [0.4, 0.5) is 5.69 Å². The molecule has 0 aliphatic carbocycles. The third-order valence-corrected chi connectivity index (χ3v) is 4.05. The van der Waals surface area contributed by atoms with Crippen LogP contribution in [0, 0.1) is 13.8 Å². The Morgan fingerprint density at radius 3 is 2.75 bits per heavy atom. The lowest BCUT2D eigenvalue weighted by atomic mass is 10.1. The summed E-state index contributed by atoms with van der Waals surface area (Å²) in [6.45, 7) is 5.13. The molecule has 0 atom stereocenters. The second-order valence-electron chi connectivity index (χ2n) is 3.93. The number of benzene rings is 1. The lowest BCUT2D eigenvalue weighted by Crippen LogP contribution is -2.00. The molecule has 0 radical (unpaired) electrons. The fourth-order valence-corrected chi connectivity index (χ4v) is 2.77. The normalized spacial score (nSPS) is 10.4. The van der Waals surface area contributed by atoms with Crippen LogP contribution in [0.15, 0.2) is 33.4 Å². The van der Waals surface area contributed by atoms with Crippen molar-refractivity contribution in [2.75, 3.05) is 5.32 Å². The standard InChI is InChI=1S/C13H14BrNS/c1-9-3-4-10(2)12(5-9)15-7-11-6-13(14)16-8-11/h3-6,8,15H,7H2,1-2H3. The monoisotopic (exact) mass is 295 g/mol. The molecule has 0 fully saturated rings. The maximum Gasteiger partial charge on any atom is 0.0701 e. The van der Waals surface area contributed by atoms with Gasteiger partial charge in [-0.05, 0) is 64.0 Å². The van der Waals surface area contributed by atoms with Crippen molar-refractivity contribution in [3.05, 3.63) is 50.1 Å². The van der Waals surface area contributed by atoms with E-state index in [-0.39, 0.29) is 0 Å². The highest BCUT2D eigenvalue weighted by Gasteiger charge is 2.00. The molecule has 84 valence electrons. The average molecular weight is 296 g/mol. The Morgan fingerprint density at radius 2 is 2.06 bits per heavy atom. The Bertz CT molecular complexity index is 490. The van der Waals surface area contributed by atoms with E-state index in [0.717, 1.165) is 6.54 Å². The van der Waals surface area contributed by atoms with Gasteiger partial charge in [0.05, 0.1) is 3.79 Å². The Balaban J connectivity index is 2.07.